The molecule has 0 radical (unpaired) electrons. The first-order valence-electron chi connectivity index (χ1n) is 5.34. The molecule has 2 heterocycles. The minimum absolute atomic E-state index is 0.0781. The largest absolute Gasteiger partial charge is 0.481 e. The van der Waals surface area contributed by atoms with E-state index in [0.717, 1.165) is 0 Å². The van der Waals surface area contributed by atoms with Gasteiger partial charge in [0, 0.05) is 11.9 Å². The molecule has 4 N–H and O–H groups in total. The molecule has 0 unspecified atom stereocenters. The number of amides is 1. The van der Waals surface area contributed by atoms with Crippen LogP contribution in [0.1, 0.15) is 10.5 Å². The second-order valence-electron chi connectivity index (χ2n) is 3.58. The summed E-state index contributed by atoms with van der Waals surface area (Å²) in [4.78, 5) is 22.6. The van der Waals surface area contributed by atoms with E-state index in [-0.39, 0.29) is 17.7 Å². The Morgan fingerprint density at radius 1 is 1.26 bits per heavy atom. The molecule has 1 amide bonds. The number of aromatic amines is 1. The number of nitrogens with zero attached hydrogens (tertiary/aromatic N) is 2. The quantitative estimate of drug-likeness (QED) is 0.746. The van der Waals surface area contributed by atoms with Gasteiger partial charge in [-0.1, -0.05) is 0 Å². The van der Waals surface area contributed by atoms with Crippen molar-refractivity contribution in [3.05, 3.63) is 24.0 Å². The first-order valence-corrected chi connectivity index (χ1v) is 5.34. The van der Waals surface area contributed by atoms with E-state index in [9.17, 15) is 4.79 Å². The lowest BCUT2D eigenvalue weighted by Crippen LogP contribution is -2.15. The van der Waals surface area contributed by atoms with E-state index in [1.165, 1.54) is 32.5 Å². The SMILES string of the molecule is COc1cc(OC)nc(NC(=O)c2cc(N)c[nH]2)n1. The van der Waals surface area contributed by atoms with Crippen LogP contribution in [0.15, 0.2) is 18.3 Å². The number of rotatable bonds is 4. The number of methoxy groups -OCH3 is 2. The van der Waals surface area contributed by atoms with Gasteiger partial charge in [-0.25, -0.2) is 0 Å². The summed E-state index contributed by atoms with van der Waals surface area (Å²) >= 11 is 0. The van der Waals surface area contributed by atoms with E-state index < -0.39 is 5.91 Å². The third-order valence-electron chi connectivity index (χ3n) is 2.27. The standard InChI is InChI=1S/C11H13N5O3/c1-18-8-4-9(19-2)15-11(14-8)16-10(17)7-3-6(12)5-13-7/h3-5,13H,12H2,1-2H3,(H,14,15,16,17). The minimum Gasteiger partial charge on any atom is -0.481 e. The number of hydrogen-bond donors (Lipinski definition) is 3. The summed E-state index contributed by atoms with van der Waals surface area (Å²) in [5, 5.41) is 2.51. The predicted octanol–water partition coefficient (Wildman–Crippen LogP) is 0.656. The number of nitrogen functional groups attached to an aromatic ring is 1. The maximum absolute atomic E-state index is 11.9. The molecule has 8 nitrogen and oxygen atoms in total. The zero-order valence-corrected chi connectivity index (χ0v) is 10.4. The zero-order valence-electron chi connectivity index (χ0n) is 10.4. The molecule has 8 heteroatoms. The average molecular weight is 263 g/mol. The summed E-state index contributed by atoms with van der Waals surface area (Å²) in [7, 11) is 2.91. The second-order valence-corrected chi connectivity index (χ2v) is 3.58. The summed E-state index contributed by atoms with van der Waals surface area (Å²) in [5.41, 5.74) is 6.29. The number of hydrogen-bond acceptors (Lipinski definition) is 6. The molecule has 0 aromatic carbocycles. The molecule has 0 saturated heterocycles. The maximum Gasteiger partial charge on any atom is 0.274 e. The summed E-state index contributed by atoms with van der Waals surface area (Å²) in [5.74, 6) is 0.239. The lowest BCUT2D eigenvalue weighted by molar-refractivity contribution is 0.102. The van der Waals surface area contributed by atoms with Gasteiger partial charge in [0.05, 0.1) is 20.3 Å². The second kappa shape index (κ2) is 5.25. The Balaban J connectivity index is 2.20. The van der Waals surface area contributed by atoms with E-state index in [1.807, 2.05) is 0 Å². The molecule has 0 bridgehead atoms. The van der Waals surface area contributed by atoms with Gasteiger partial charge in [-0.15, -0.1) is 0 Å². The minimum atomic E-state index is -0.410. The highest BCUT2D eigenvalue weighted by atomic mass is 16.5. The van der Waals surface area contributed by atoms with Crippen molar-refractivity contribution in [2.45, 2.75) is 0 Å². The van der Waals surface area contributed by atoms with E-state index in [2.05, 4.69) is 20.3 Å². The number of nitrogens with two attached hydrogens (primary N) is 1. The molecule has 0 aliphatic rings. The van der Waals surface area contributed by atoms with Crippen molar-refractivity contribution in [2.24, 2.45) is 0 Å². The summed E-state index contributed by atoms with van der Waals surface area (Å²) < 4.78 is 9.96. The Labute approximate surface area is 109 Å². The smallest absolute Gasteiger partial charge is 0.274 e. The molecule has 2 aromatic rings. The van der Waals surface area contributed by atoms with Crippen LogP contribution in [-0.2, 0) is 0 Å². The third-order valence-corrected chi connectivity index (χ3v) is 2.27. The average Bonchev–Trinajstić information content (AvgIpc) is 2.85. The van der Waals surface area contributed by atoms with E-state index >= 15 is 0 Å². The Morgan fingerprint density at radius 3 is 2.37 bits per heavy atom. The van der Waals surface area contributed by atoms with Crippen LogP contribution < -0.4 is 20.5 Å². The number of nitrogens with one attached hydrogen (secondary N) is 2. The fourth-order valence-corrected chi connectivity index (χ4v) is 1.38. The van der Waals surface area contributed by atoms with Crippen LogP contribution in [0.2, 0.25) is 0 Å². The van der Waals surface area contributed by atoms with Gasteiger partial charge in [0.15, 0.2) is 0 Å². The van der Waals surface area contributed by atoms with Crippen LogP contribution >= 0.6 is 0 Å². The molecule has 0 aliphatic carbocycles. The zero-order chi connectivity index (χ0) is 13.8. The van der Waals surface area contributed by atoms with Gasteiger partial charge in [0.2, 0.25) is 17.7 Å². The molecule has 0 spiro atoms. The summed E-state index contributed by atoms with van der Waals surface area (Å²) in [6, 6.07) is 3.01. The van der Waals surface area contributed by atoms with E-state index in [0.29, 0.717) is 11.4 Å². The molecule has 0 fully saturated rings. The number of H-pyrrole nitrogens is 1. The van der Waals surface area contributed by atoms with Gasteiger partial charge in [0.25, 0.3) is 5.91 Å². The number of carbonyl (C=O) groups is 1. The molecular weight excluding hydrogens is 250 g/mol. The third kappa shape index (κ3) is 2.92. The van der Waals surface area contributed by atoms with Crippen LogP contribution in [0.4, 0.5) is 11.6 Å². The van der Waals surface area contributed by atoms with Crippen LogP contribution in [-0.4, -0.2) is 35.1 Å². The van der Waals surface area contributed by atoms with Crippen molar-refractivity contribution in [2.75, 3.05) is 25.3 Å². The Bertz CT molecular complexity index is 574. The van der Waals surface area contributed by atoms with Crippen LogP contribution in [0.5, 0.6) is 11.8 Å². The number of ether oxygens (including phenoxy) is 2. The number of anilines is 2. The van der Waals surface area contributed by atoms with Crippen molar-refractivity contribution in [3.8, 4) is 11.8 Å². The molecule has 100 valence electrons. The Kier molecular flexibility index (Phi) is 3.51. The predicted molar refractivity (Wildman–Crippen MR) is 68.3 cm³/mol. The van der Waals surface area contributed by atoms with Gasteiger partial charge in [-0.2, -0.15) is 9.97 Å². The highest BCUT2D eigenvalue weighted by molar-refractivity contribution is 6.02. The first-order chi connectivity index (χ1) is 9.12. The summed E-state index contributed by atoms with van der Waals surface area (Å²) in [6.45, 7) is 0. The van der Waals surface area contributed by atoms with E-state index in [4.69, 9.17) is 15.2 Å². The first kappa shape index (κ1) is 12.7. The molecule has 0 atom stereocenters. The van der Waals surface area contributed by atoms with Gasteiger partial charge < -0.3 is 20.2 Å². The van der Waals surface area contributed by atoms with E-state index in [1.54, 1.807) is 0 Å². The fraction of sp³-hybridized carbons (Fsp3) is 0.182. The van der Waals surface area contributed by atoms with Crippen molar-refractivity contribution >= 4 is 17.5 Å². The highest BCUT2D eigenvalue weighted by Gasteiger charge is 2.12. The van der Waals surface area contributed by atoms with Gasteiger partial charge in [-0.3, -0.25) is 10.1 Å². The number of aromatic nitrogens is 3. The fourth-order valence-electron chi connectivity index (χ4n) is 1.38. The van der Waals surface area contributed by atoms with Crippen LogP contribution in [0.25, 0.3) is 0 Å². The normalized spacial score (nSPS) is 10.0. The molecule has 0 saturated carbocycles. The lowest BCUT2D eigenvalue weighted by atomic mass is 10.4. The topological polar surface area (TPSA) is 115 Å². The van der Waals surface area contributed by atoms with Gasteiger partial charge in [0.1, 0.15) is 5.69 Å². The van der Waals surface area contributed by atoms with Crippen LogP contribution in [0.3, 0.4) is 0 Å². The van der Waals surface area contributed by atoms with Crippen molar-refractivity contribution < 1.29 is 14.3 Å². The Morgan fingerprint density at radius 2 is 1.89 bits per heavy atom. The van der Waals surface area contributed by atoms with Crippen molar-refractivity contribution in [3.63, 3.8) is 0 Å². The van der Waals surface area contributed by atoms with Crippen molar-refractivity contribution in [1.29, 1.82) is 0 Å². The van der Waals surface area contributed by atoms with Crippen molar-refractivity contribution in [1.82, 2.24) is 15.0 Å². The number of carbonyl (C=O) groups excluding carboxylic acids is 1. The van der Waals surface area contributed by atoms with Crippen LogP contribution in [0, 0.1) is 0 Å². The molecular formula is C11H13N5O3. The molecule has 19 heavy (non-hydrogen) atoms. The summed E-state index contributed by atoms with van der Waals surface area (Å²) in [6.07, 6.45) is 1.52. The van der Waals surface area contributed by atoms with Gasteiger partial charge in [-0.05, 0) is 6.07 Å². The molecule has 0 aliphatic heterocycles. The molecule has 2 aromatic heterocycles. The van der Waals surface area contributed by atoms with Gasteiger partial charge >= 0.3 is 0 Å². The Hall–Kier alpha value is -2.77. The maximum atomic E-state index is 11.9. The highest BCUT2D eigenvalue weighted by Crippen LogP contribution is 2.17. The lowest BCUT2D eigenvalue weighted by Gasteiger charge is -2.06. The molecule has 2 rings (SSSR count). The monoisotopic (exact) mass is 263 g/mol.